The molecule has 1 amide bonds. The molecular formula is C50H97NO5. The lowest BCUT2D eigenvalue weighted by atomic mass is 10.00. The summed E-state index contributed by atoms with van der Waals surface area (Å²) in [6.07, 6.45) is 52.3. The Morgan fingerprint density at radius 2 is 0.732 bits per heavy atom. The van der Waals surface area contributed by atoms with Crippen LogP contribution < -0.4 is 5.32 Å². The molecule has 4 atom stereocenters. The maximum absolute atomic E-state index is 12.5. The molecule has 0 rings (SSSR count). The molecule has 0 radical (unpaired) electrons. The van der Waals surface area contributed by atoms with Gasteiger partial charge >= 0.3 is 0 Å². The van der Waals surface area contributed by atoms with E-state index in [-0.39, 0.29) is 0 Å². The third kappa shape index (κ3) is 38.3. The Kier molecular flexibility index (Phi) is 43.9. The molecule has 4 unspecified atom stereocenters. The zero-order valence-corrected chi connectivity index (χ0v) is 37.4. The van der Waals surface area contributed by atoms with Crippen molar-refractivity contribution < 1.29 is 25.2 Å². The van der Waals surface area contributed by atoms with Gasteiger partial charge in [-0.3, -0.25) is 4.79 Å². The fourth-order valence-corrected chi connectivity index (χ4v) is 7.69. The first kappa shape index (κ1) is 54.8. The lowest BCUT2D eigenvalue weighted by molar-refractivity contribution is -0.132. The average molecular weight is 792 g/mol. The molecule has 6 heteroatoms. The molecule has 5 N–H and O–H groups in total. The number of carbonyl (C=O) groups excluding carboxylic acids is 1. The Morgan fingerprint density at radius 1 is 0.429 bits per heavy atom. The number of carbonyl (C=O) groups is 1. The summed E-state index contributed by atoms with van der Waals surface area (Å²) in [5, 5.41) is 43.7. The van der Waals surface area contributed by atoms with Crippen LogP contribution in [0.3, 0.4) is 0 Å². The van der Waals surface area contributed by atoms with E-state index < -0.39 is 36.9 Å². The molecule has 0 heterocycles. The monoisotopic (exact) mass is 792 g/mol. The van der Waals surface area contributed by atoms with E-state index in [1.807, 2.05) is 0 Å². The summed E-state index contributed by atoms with van der Waals surface area (Å²) in [4.78, 5) is 12.5. The summed E-state index contributed by atoms with van der Waals surface area (Å²) < 4.78 is 0. The summed E-state index contributed by atoms with van der Waals surface area (Å²) in [6, 6.07) is -1.00. The van der Waals surface area contributed by atoms with E-state index in [2.05, 4.69) is 43.5 Å². The Labute approximate surface area is 348 Å². The molecule has 0 saturated heterocycles. The van der Waals surface area contributed by atoms with Crippen molar-refractivity contribution in [1.82, 2.24) is 5.32 Å². The number of aliphatic hydroxyl groups is 4. The topological polar surface area (TPSA) is 110 Å². The molecule has 0 aliphatic heterocycles. The van der Waals surface area contributed by atoms with E-state index in [0.717, 1.165) is 44.9 Å². The second-order valence-corrected chi connectivity index (χ2v) is 17.2. The van der Waals surface area contributed by atoms with Gasteiger partial charge in [-0.05, 0) is 64.2 Å². The Balaban J connectivity index is 3.67. The normalized spacial score (nSPS) is 14.2. The molecule has 0 aromatic rings. The quantitative estimate of drug-likeness (QED) is 0.0312. The zero-order chi connectivity index (χ0) is 41.0. The van der Waals surface area contributed by atoms with Crippen molar-refractivity contribution in [2.45, 2.75) is 282 Å². The standard InChI is InChI=1S/C50H97NO5/c1-3-5-7-9-11-13-15-17-19-20-21-22-23-24-25-26-27-28-29-30-32-33-35-37-39-41-43-47(53)49(55)46(45-52)51-50(56)48(54)44-42-40-38-36-34-31-18-16-14-12-10-8-6-4-2/h14,16,35,37,46-49,52-55H,3-13,15,17-34,36,38-45H2,1-2H3,(H,51,56)/b16-14-,37-35+. The second-order valence-electron chi connectivity index (χ2n) is 17.2. The van der Waals surface area contributed by atoms with Crippen LogP contribution in [-0.2, 0) is 4.79 Å². The van der Waals surface area contributed by atoms with Crippen LogP contribution in [-0.4, -0.2) is 57.3 Å². The number of hydrogen-bond donors (Lipinski definition) is 5. The van der Waals surface area contributed by atoms with Crippen LogP contribution in [0.25, 0.3) is 0 Å². The van der Waals surface area contributed by atoms with Crippen LogP contribution in [0.2, 0.25) is 0 Å². The Bertz CT molecular complexity index is 847. The Hall–Kier alpha value is -1.21. The third-order valence-corrected chi connectivity index (χ3v) is 11.6. The third-order valence-electron chi connectivity index (χ3n) is 11.6. The van der Waals surface area contributed by atoms with Gasteiger partial charge in [-0.25, -0.2) is 0 Å². The highest BCUT2D eigenvalue weighted by atomic mass is 16.3. The van der Waals surface area contributed by atoms with Crippen LogP contribution in [0.5, 0.6) is 0 Å². The molecule has 0 bridgehead atoms. The molecule has 0 aliphatic carbocycles. The maximum atomic E-state index is 12.5. The summed E-state index contributed by atoms with van der Waals surface area (Å²) in [5.74, 6) is -0.597. The van der Waals surface area contributed by atoms with Gasteiger partial charge in [0, 0.05) is 0 Å². The summed E-state index contributed by atoms with van der Waals surface area (Å²) in [5.41, 5.74) is 0. The largest absolute Gasteiger partial charge is 0.394 e. The first-order chi connectivity index (χ1) is 27.5. The molecule has 332 valence electrons. The summed E-state index contributed by atoms with van der Waals surface area (Å²) >= 11 is 0. The van der Waals surface area contributed by atoms with Crippen LogP contribution >= 0.6 is 0 Å². The van der Waals surface area contributed by atoms with Crippen molar-refractivity contribution in [3.8, 4) is 0 Å². The first-order valence-corrected chi connectivity index (χ1v) is 24.7. The molecule has 0 aromatic carbocycles. The molecule has 0 aliphatic rings. The fraction of sp³-hybridized carbons (Fsp3) is 0.900. The highest BCUT2D eigenvalue weighted by Gasteiger charge is 2.28. The minimum Gasteiger partial charge on any atom is -0.394 e. The number of rotatable bonds is 45. The van der Waals surface area contributed by atoms with Gasteiger partial charge in [0.1, 0.15) is 12.2 Å². The lowest BCUT2D eigenvalue weighted by Gasteiger charge is -2.27. The van der Waals surface area contributed by atoms with E-state index in [0.29, 0.717) is 12.8 Å². The van der Waals surface area contributed by atoms with Crippen molar-refractivity contribution in [2.24, 2.45) is 0 Å². The van der Waals surface area contributed by atoms with E-state index in [4.69, 9.17) is 0 Å². The van der Waals surface area contributed by atoms with Crippen molar-refractivity contribution in [2.75, 3.05) is 6.61 Å². The van der Waals surface area contributed by atoms with Gasteiger partial charge in [-0.15, -0.1) is 0 Å². The van der Waals surface area contributed by atoms with Crippen LogP contribution in [0, 0.1) is 0 Å². The maximum Gasteiger partial charge on any atom is 0.249 e. The number of nitrogens with one attached hydrogen (secondary N) is 1. The van der Waals surface area contributed by atoms with E-state index in [1.54, 1.807) is 0 Å². The zero-order valence-electron chi connectivity index (χ0n) is 37.4. The predicted molar refractivity (Wildman–Crippen MR) is 242 cm³/mol. The van der Waals surface area contributed by atoms with E-state index >= 15 is 0 Å². The Morgan fingerprint density at radius 3 is 1.09 bits per heavy atom. The van der Waals surface area contributed by atoms with Crippen molar-refractivity contribution in [3.63, 3.8) is 0 Å². The van der Waals surface area contributed by atoms with Gasteiger partial charge in [0.05, 0.1) is 18.8 Å². The van der Waals surface area contributed by atoms with Gasteiger partial charge in [0.15, 0.2) is 0 Å². The lowest BCUT2D eigenvalue weighted by Crippen LogP contribution is -2.53. The van der Waals surface area contributed by atoms with Crippen LogP contribution in [0.1, 0.15) is 258 Å². The second kappa shape index (κ2) is 44.9. The van der Waals surface area contributed by atoms with Crippen molar-refractivity contribution in [1.29, 1.82) is 0 Å². The minimum atomic E-state index is -1.28. The average Bonchev–Trinajstić information content (AvgIpc) is 3.20. The first-order valence-electron chi connectivity index (χ1n) is 24.7. The van der Waals surface area contributed by atoms with Gasteiger partial charge in [-0.2, -0.15) is 0 Å². The van der Waals surface area contributed by atoms with Crippen molar-refractivity contribution >= 4 is 5.91 Å². The SMILES string of the molecule is CCCCCC/C=C\CCCCCCCCC(O)C(=O)NC(CO)C(O)C(O)CCC/C=C/CCCCCCCCCCCCCCCCCCCCCCC. The molecule has 0 aromatic heterocycles. The number of hydrogen-bond acceptors (Lipinski definition) is 5. The highest BCUT2D eigenvalue weighted by Crippen LogP contribution is 2.17. The minimum absolute atomic E-state index is 0.356. The van der Waals surface area contributed by atoms with E-state index in [1.165, 1.54) is 186 Å². The van der Waals surface area contributed by atoms with Gasteiger partial charge in [0.25, 0.3) is 0 Å². The molecule has 0 saturated carbocycles. The van der Waals surface area contributed by atoms with Gasteiger partial charge in [-0.1, -0.05) is 218 Å². The molecule has 0 spiro atoms. The van der Waals surface area contributed by atoms with Gasteiger partial charge in [0.2, 0.25) is 5.91 Å². The number of allylic oxidation sites excluding steroid dienone is 4. The molecule has 0 fully saturated rings. The summed E-state index contributed by atoms with van der Waals surface area (Å²) in [6.45, 7) is 4.04. The van der Waals surface area contributed by atoms with Crippen LogP contribution in [0.15, 0.2) is 24.3 Å². The molecule has 6 nitrogen and oxygen atoms in total. The molecule has 56 heavy (non-hydrogen) atoms. The smallest absolute Gasteiger partial charge is 0.249 e. The van der Waals surface area contributed by atoms with E-state index in [9.17, 15) is 25.2 Å². The highest BCUT2D eigenvalue weighted by molar-refractivity contribution is 5.80. The fourth-order valence-electron chi connectivity index (χ4n) is 7.69. The predicted octanol–water partition coefficient (Wildman–Crippen LogP) is 13.5. The van der Waals surface area contributed by atoms with Crippen molar-refractivity contribution in [3.05, 3.63) is 24.3 Å². The molecular weight excluding hydrogens is 695 g/mol. The number of aliphatic hydroxyl groups excluding tert-OH is 4. The number of amides is 1. The number of unbranched alkanes of at least 4 members (excludes halogenated alkanes) is 32. The van der Waals surface area contributed by atoms with Gasteiger partial charge < -0.3 is 25.7 Å². The van der Waals surface area contributed by atoms with Crippen LogP contribution in [0.4, 0.5) is 0 Å². The summed E-state index contributed by atoms with van der Waals surface area (Å²) in [7, 11) is 0.